The van der Waals surface area contributed by atoms with Gasteiger partial charge in [0.2, 0.25) is 0 Å². The molecule has 0 aromatic rings. The highest BCUT2D eigenvalue weighted by atomic mass is 16.7. The Hall–Kier alpha value is -0.120. The maximum absolute atomic E-state index is 5.92. The average Bonchev–Trinajstić information content (AvgIpc) is 1.87. The first-order valence-corrected chi connectivity index (χ1v) is 3.57. The Balaban J connectivity index is 2.43. The van der Waals surface area contributed by atoms with E-state index in [2.05, 4.69) is 0 Å². The number of methoxy groups -OCH3 is 2. The van der Waals surface area contributed by atoms with Crippen LogP contribution in [0.25, 0.3) is 0 Å². The summed E-state index contributed by atoms with van der Waals surface area (Å²) in [4.78, 5) is 0. The van der Waals surface area contributed by atoms with Crippen molar-refractivity contribution in [2.24, 2.45) is 5.73 Å². The summed E-state index contributed by atoms with van der Waals surface area (Å²) in [6, 6.07) is 0. The summed E-state index contributed by atoms with van der Waals surface area (Å²) in [5.41, 5.74) is 5.71. The molecule has 60 valence electrons. The first kappa shape index (κ1) is 7.98. The van der Waals surface area contributed by atoms with Crippen molar-refractivity contribution in [3.8, 4) is 0 Å². The Morgan fingerprint density at radius 1 is 1.30 bits per heavy atom. The number of hydrogen-bond acceptors (Lipinski definition) is 3. The molecule has 0 atom stereocenters. The van der Waals surface area contributed by atoms with E-state index < -0.39 is 0 Å². The van der Waals surface area contributed by atoms with Crippen LogP contribution in [0.5, 0.6) is 0 Å². The van der Waals surface area contributed by atoms with Gasteiger partial charge >= 0.3 is 0 Å². The Kier molecular flexibility index (Phi) is 2.28. The lowest BCUT2D eigenvalue weighted by Crippen LogP contribution is -2.57. The van der Waals surface area contributed by atoms with Crippen LogP contribution in [0.1, 0.15) is 19.3 Å². The van der Waals surface area contributed by atoms with Crippen LogP contribution in [0.2, 0.25) is 0 Å². The van der Waals surface area contributed by atoms with E-state index in [1.807, 2.05) is 0 Å². The Bertz CT molecular complexity index is 108. The van der Waals surface area contributed by atoms with Crippen LogP contribution in [0.4, 0.5) is 0 Å². The second-order valence-corrected chi connectivity index (χ2v) is 2.89. The highest BCUT2D eigenvalue weighted by molar-refractivity contribution is 4.95. The van der Waals surface area contributed by atoms with Crippen molar-refractivity contribution in [2.45, 2.75) is 31.1 Å². The molecule has 0 aromatic heterocycles. The van der Waals surface area contributed by atoms with E-state index in [-0.39, 0.29) is 11.8 Å². The highest BCUT2D eigenvalue weighted by Gasteiger charge is 2.41. The van der Waals surface area contributed by atoms with Gasteiger partial charge in [-0.3, -0.25) is 0 Å². The summed E-state index contributed by atoms with van der Waals surface area (Å²) >= 11 is 0. The van der Waals surface area contributed by atoms with Gasteiger partial charge in [-0.2, -0.15) is 0 Å². The van der Waals surface area contributed by atoms with Gasteiger partial charge in [0.1, 0.15) is 0 Å². The Labute approximate surface area is 61.5 Å². The lowest BCUT2D eigenvalue weighted by molar-refractivity contribution is -0.164. The maximum Gasteiger partial charge on any atom is 0.174 e. The quantitative estimate of drug-likeness (QED) is 0.588. The molecule has 0 bridgehead atoms. The fourth-order valence-electron chi connectivity index (χ4n) is 1.39. The number of hydrogen-bond donors (Lipinski definition) is 1. The highest BCUT2D eigenvalue weighted by Crippen LogP contribution is 2.33. The molecule has 1 rings (SSSR count). The number of nitrogens with two attached hydrogens (primary N) is 1. The molecule has 3 heteroatoms. The van der Waals surface area contributed by atoms with Crippen molar-refractivity contribution in [3.63, 3.8) is 0 Å². The predicted molar refractivity (Wildman–Crippen MR) is 38.6 cm³/mol. The van der Waals surface area contributed by atoms with Crippen molar-refractivity contribution >= 4 is 0 Å². The topological polar surface area (TPSA) is 44.5 Å². The predicted octanol–water partition coefficient (Wildman–Crippen LogP) is 0.487. The van der Waals surface area contributed by atoms with Crippen LogP contribution >= 0.6 is 0 Å². The fourth-order valence-corrected chi connectivity index (χ4v) is 1.39. The summed E-state index contributed by atoms with van der Waals surface area (Å²) in [6.07, 6.45) is 3.00. The third kappa shape index (κ3) is 1.17. The minimum absolute atomic E-state index is 0.205. The zero-order valence-electron chi connectivity index (χ0n) is 6.59. The molecule has 2 N–H and O–H groups in total. The smallest absolute Gasteiger partial charge is 0.174 e. The molecule has 3 nitrogen and oxygen atoms in total. The van der Waals surface area contributed by atoms with E-state index in [9.17, 15) is 0 Å². The fraction of sp³-hybridized carbons (Fsp3) is 1.00. The van der Waals surface area contributed by atoms with Crippen molar-refractivity contribution in [2.75, 3.05) is 14.2 Å². The summed E-state index contributed by atoms with van der Waals surface area (Å²) < 4.78 is 10.1. The number of ether oxygens (including phenoxy) is 2. The molecule has 0 aliphatic heterocycles. The molecule has 1 fully saturated rings. The van der Waals surface area contributed by atoms with Crippen LogP contribution < -0.4 is 5.73 Å². The van der Waals surface area contributed by atoms with Crippen LogP contribution in [0.15, 0.2) is 0 Å². The van der Waals surface area contributed by atoms with E-state index in [0.717, 1.165) is 12.8 Å². The second-order valence-electron chi connectivity index (χ2n) is 2.89. The van der Waals surface area contributed by atoms with E-state index in [1.54, 1.807) is 14.2 Å². The summed E-state index contributed by atoms with van der Waals surface area (Å²) in [5.74, 6) is 0. The molecule has 0 radical (unpaired) electrons. The molecule has 1 aliphatic rings. The SMILES string of the molecule is COC(OC)C1(N)CCC1. The molecule has 1 aliphatic carbocycles. The second kappa shape index (κ2) is 2.86. The lowest BCUT2D eigenvalue weighted by Gasteiger charge is -2.42. The largest absolute Gasteiger partial charge is 0.354 e. The van der Waals surface area contributed by atoms with E-state index in [0.29, 0.717) is 0 Å². The first-order valence-electron chi connectivity index (χ1n) is 3.57. The van der Waals surface area contributed by atoms with Gasteiger partial charge in [-0.1, -0.05) is 0 Å². The normalized spacial score (nSPS) is 22.8. The molecular formula is C7H15NO2. The van der Waals surface area contributed by atoms with E-state index in [4.69, 9.17) is 15.2 Å². The van der Waals surface area contributed by atoms with Gasteiger partial charge < -0.3 is 15.2 Å². The Morgan fingerprint density at radius 2 is 1.80 bits per heavy atom. The van der Waals surface area contributed by atoms with E-state index >= 15 is 0 Å². The van der Waals surface area contributed by atoms with Gasteiger partial charge in [0.25, 0.3) is 0 Å². The standard InChI is InChI=1S/C7H15NO2/c1-9-6(10-2)7(8)4-3-5-7/h6H,3-5,8H2,1-2H3. The molecule has 0 aromatic carbocycles. The molecule has 10 heavy (non-hydrogen) atoms. The van der Waals surface area contributed by atoms with Crippen molar-refractivity contribution in [3.05, 3.63) is 0 Å². The summed E-state index contributed by atoms with van der Waals surface area (Å²) in [7, 11) is 3.25. The van der Waals surface area contributed by atoms with Crippen molar-refractivity contribution in [1.29, 1.82) is 0 Å². The van der Waals surface area contributed by atoms with Crippen LogP contribution in [0.3, 0.4) is 0 Å². The molecule has 0 unspecified atom stereocenters. The molecular weight excluding hydrogens is 130 g/mol. The van der Waals surface area contributed by atoms with Crippen molar-refractivity contribution in [1.82, 2.24) is 0 Å². The molecule has 0 saturated heterocycles. The monoisotopic (exact) mass is 145 g/mol. The van der Waals surface area contributed by atoms with Gasteiger partial charge in [0.15, 0.2) is 6.29 Å². The number of rotatable bonds is 3. The minimum atomic E-state index is -0.221. The molecule has 0 amide bonds. The van der Waals surface area contributed by atoms with Gasteiger partial charge in [0.05, 0.1) is 5.54 Å². The van der Waals surface area contributed by atoms with Crippen LogP contribution in [0, 0.1) is 0 Å². The first-order chi connectivity index (χ1) is 4.73. The molecule has 0 spiro atoms. The van der Waals surface area contributed by atoms with Gasteiger partial charge in [-0.25, -0.2) is 0 Å². The minimum Gasteiger partial charge on any atom is -0.354 e. The molecule has 1 saturated carbocycles. The third-order valence-electron chi connectivity index (χ3n) is 2.18. The zero-order chi connectivity index (χ0) is 7.61. The van der Waals surface area contributed by atoms with Gasteiger partial charge in [-0.05, 0) is 19.3 Å². The van der Waals surface area contributed by atoms with E-state index in [1.165, 1.54) is 6.42 Å². The maximum atomic E-state index is 5.92. The van der Waals surface area contributed by atoms with Gasteiger partial charge in [-0.15, -0.1) is 0 Å². The van der Waals surface area contributed by atoms with Crippen LogP contribution in [-0.4, -0.2) is 26.0 Å². The zero-order valence-corrected chi connectivity index (χ0v) is 6.59. The summed E-state index contributed by atoms with van der Waals surface area (Å²) in [6.45, 7) is 0. The molecule has 0 heterocycles. The summed E-state index contributed by atoms with van der Waals surface area (Å²) in [5, 5.41) is 0. The average molecular weight is 145 g/mol. The van der Waals surface area contributed by atoms with Gasteiger partial charge in [0, 0.05) is 14.2 Å². The van der Waals surface area contributed by atoms with Crippen LogP contribution in [-0.2, 0) is 9.47 Å². The third-order valence-corrected chi connectivity index (χ3v) is 2.18. The lowest BCUT2D eigenvalue weighted by atomic mass is 9.77. The van der Waals surface area contributed by atoms with Crippen molar-refractivity contribution < 1.29 is 9.47 Å². The Morgan fingerprint density at radius 3 is 1.90 bits per heavy atom.